The highest BCUT2D eigenvalue weighted by atomic mass is 79.9. The zero-order valence-electron chi connectivity index (χ0n) is 14.8. The minimum absolute atomic E-state index is 0.0721. The molecule has 0 radical (unpaired) electrons. The maximum Gasteiger partial charge on any atom is 0.267 e. The lowest BCUT2D eigenvalue weighted by Gasteiger charge is -2.10. The number of aromatic nitrogens is 2. The lowest BCUT2D eigenvalue weighted by Crippen LogP contribution is -2.30. The van der Waals surface area contributed by atoms with Gasteiger partial charge in [-0.05, 0) is 58.7 Å². The molecule has 144 valence electrons. The number of carbonyl (C=O) groups excluding carboxylic acids is 1. The molecule has 0 saturated heterocycles. The van der Waals surface area contributed by atoms with Gasteiger partial charge in [0.1, 0.15) is 6.54 Å². The summed E-state index contributed by atoms with van der Waals surface area (Å²) in [6, 6.07) is 15.6. The van der Waals surface area contributed by atoms with E-state index in [9.17, 15) is 18.0 Å². The third kappa shape index (κ3) is 4.37. The molecule has 0 spiro atoms. The summed E-state index contributed by atoms with van der Waals surface area (Å²) in [6.07, 6.45) is 0. The number of nitrogens with zero attached hydrogens (tertiary/aromatic N) is 2. The predicted octanol–water partition coefficient (Wildman–Crippen LogP) is 2.79. The fourth-order valence-electron chi connectivity index (χ4n) is 2.48. The number of nitrogens with one attached hydrogen (secondary N) is 1. The molecule has 0 bridgehead atoms. The van der Waals surface area contributed by atoms with Crippen molar-refractivity contribution in [2.24, 2.45) is 0 Å². The Hall–Kier alpha value is -2.78. The van der Waals surface area contributed by atoms with Crippen LogP contribution in [0.1, 0.15) is 5.56 Å². The van der Waals surface area contributed by atoms with Gasteiger partial charge in [-0.15, -0.1) is 0 Å². The van der Waals surface area contributed by atoms with Crippen molar-refractivity contribution < 1.29 is 13.2 Å². The molecule has 0 atom stereocenters. The summed E-state index contributed by atoms with van der Waals surface area (Å²) < 4.78 is 27.1. The summed E-state index contributed by atoms with van der Waals surface area (Å²) in [6.45, 7) is 1.36. The summed E-state index contributed by atoms with van der Waals surface area (Å²) in [5.41, 5.74) is 0.733. The second-order valence-corrected chi connectivity index (χ2v) is 8.77. The number of halogens is 1. The van der Waals surface area contributed by atoms with Gasteiger partial charge in [0, 0.05) is 10.5 Å². The van der Waals surface area contributed by atoms with Gasteiger partial charge in [-0.3, -0.25) is 9.59 Å². The lowest BCUT2D eigenvalue weighted by molar-refractivity contribution is -0.117. The van der Waals surface area contributed by atoms with Crippen LogP contribution in [-0.4, -0.2) is 24.1 Å². The number of amides is 1. The first-order valence-corrected chi connectivity index (χ1v) is 10.5. The van der Waals surface area contributed by atoms with E-state index in [1.807, 2.05) is 0 Å². The normalized spacial score (nSPS) is 11.2. The van der Waals surface area contributed by atoms with E-state index in [0.717, 1.165) is 22.4 Å². The van der Waals surface area contributed by atoms with E-state index in [1.165, 1.54) is 12.1 Å². The van der Waals surface area contributed by atoms with Gasteiger partial charge in [0.15, 0.2) is 5.03 Å². The second kappa shape index (κ2) is 8.07. The third-order valence-corrected chi connectivity index (χ3v) is 6.19. The van der Waals surface area contributed by atoms with E-state index in [-0.39, 0.29) is 9.92 Å². The smallest absolute Gasteiger partial charge is 0.267 e. The molecule has 7 nitrogen and oxygen atoms in total. The van der Waals surface area contributed by atoms with Crippen molar-refractivity contribution in [2.45, 2.75) is 23.4 Å². The first kappa shape index (κ1) is 20.0. The molecule has 28 heavy (non-hydrogen) atoms. The van der Waals surface area contributed by atoms with Crippen LogP contribution >= 0.6 is 15.9 Å². The van der Waals surface area contributed by atoms with E-state index in [2.05, 4.69) is 26.3 Å². The van der Waals surface area contributed by atoms with E-state index in [1.54, 1.807) is 43.3 Å². The minimum atomic E-state index is -3.91. The molecule has 0 aliphatic carbocycles. The Bertz CT molecular complexity index is 1210. The summed E-state index contributed by atoms with van der Waals surface area (Å²) in [7, 11) is -3.91. The Balaban J connectivity index is 1.89. The van der Waals surface area contributed by atoms with Crippen LogP contribution in [-0.2, 0) is 21.2 Å². The van der Waals surface area contributed by atoms with Gasteiger partial charge in [0.25, 0.3) is 5.56 Å². The molecule has 0 fully saturated rings. The molecular weight excluding hydrogens is 446 g/mol. The number of benzene rings is 2. The lowest BCUT2D eigenvalue weighted by atomic mass is 10.2. The first-order valence-electron chi connectivity index (χ1n) is 8.22. The third-order valence-electron chi connectivity index (χ3n) is 3.86. The molecule has 1 amide bonds. The Morgan fingerprint density at radius 2 is 1.86 bits per heavy atom. The summed E-state index contributed by atoms with van der Waals surface area (Å²) in [5, 5.41) is 6.25. The van der Waals surface area contributed by atoms with Crippen LogP contribution in [0, 0.1) is 6.92 Å². The van der Waals surface area contributed by atoms with E-state index < -0.39 is 27.8 Å². The average Bonchev–Trinajstić information content (AvgIpc) is 2.65. The Morgan fingerprint density at radius 3 is 2.57 bits per heavy atom. The Kier molecular flexibility index (Phi) is 5.76. The molecule has 9 heteroatoms. The first-order chi connectivity index (χ1) is 13.3. The Labute approximate surface area is 170 Å². The van der Waals surface area contributed by atoms with Gasteiger partial charge < -0.3 is 5.32 Å². The maximum atomic E-state index is 12.8. The van der Waals surface area contributed by atoms with Crippen LogP contribution in [0.2, 0.25) is 0 Å². The standard InChI is InChI=1S/C19H16BrN3O4S/c1-13-5-4-6-14(11-13)28(26,27)18-9-10-19(25)23(22-18)12-17(24)21-16-8-3-2-7-15(16)20/h2-11H,12H2,1H3,(H,21,24). The number of sulfone groups is 1. The van der Waals surface area contributed by atoms with Crippen molar-refractivity contribution >= 4 is 37.4 Å². The molecule has 1 N–H and O–H groups in total. The van der Waals surface area contributed by atoms with Gasteiger partial charge in [-0.2, -0.15) is 5.10 Å². The number of hydrogen-bond donors (Lipinski definition) is 1. The molecule has 3 aromatic rings. The molecule has 1 aromatic heterocycles. The summed E-state index contributed by atoms with van der Waals surface area (Å²) >= 11 is 3.32. The van der Waals surface area contributed by atoms with E-state index in [4.69, 9.17) is 0 Å². The van der Waals surface area contributed by atoms with Gasteiger partial charge in [0.05, 0.1) is 10.6 Å². The minimum Gasteiger partial charge on any atom is -0.323 e. The number of anilines is 1. The zero-order chi connectivity index (χ0) is 20.3. The fraction of sp³-hybridized carbons (Fsp3) is 0.105. The van der Waals surface area contributed by atoms with Crippen molar-refractivity contribution in [3.8, 4) is 0 Å². The fourth-order valence-corrected chi connectivity index (χ4v) is 4.16. The highest BCUT2D eigenvalue weighted by molar-refractivity contribution is 9.10. The molecule has 2 aromatic carbocycles. The molecule has 0 unspecified atom stereocenters. The van der Waals surface area contributed by atoms with E-state index >= 15 is 0 Å². The Morgan fingerprint density at radius 1 is 1.11 bits per heavy atom. The quantitative estimate of drug-likeness (QED) is 0.629. The van der Waals surface area contributed by atoms with Crippen LogP contribution in [0.4, 0.5) is 5.69 Å². The molecule has 3 rings (SSSR count). The monoisotopic (exact) mass is 461 g/mol. The highest BCUT2D eigenvalue weighted by Gasteiger charge is 2.21. The molecule has 0 aliphatic rings. The number of aryl methyl sites for hydroxylation is 1. The number of para-hydroxylation sites is 1. The van der Waals surface area contributed by atoms with Crippen molar-refractivity contribution in [1.82, 2.24) is 9.78 Å². The van der Waals surface area contributed by atoms with Crippen LogP contribution < -0.4 is 10.9 Å². The number of carbonyl (C=O) groups is 1. The number of rotatable bonds is 5. The van der Waals surface area contributed by atoms with Crippen molar-refractivity contribution in [3.63, 3.8) is 0 Å². The molecular formula is C19H16BrN3O4S. The van der Waals surface area contributed by atoms with Crippen molar-refractivity contribution in [3.05, 3.63) is 81.1 Å². The van der Waals surface area contributed by atoms with Gasteiger partial charge in [0.2, 0.25) is 15.7 Å². The summed E-state index contributed by atoms with van der Waals surface area (Å²) in [4.78, 5) is 24.4. The SMILES string of the molecule is Cc1cccc(S(=O)(=O)c2ccc(=O)n(CC(=O)Nc3ccccc3Br)n2)c1. The highest BCUT2D eigenvalue weighted by Crippen LogP contribution is 2.21. The van der Waals surface area contributed by atoms with Crippen molar-refractivity contribution in [2.75, 3.05) is 5.32 Å². The average molecular weight is 462 g/mol. The molecule has 0 aliphatic heterocycles. The largest absolute Gasteiger partial charge is 0.323 e. The molecule has 0 saturated carbocycles. The summed E-state index contributed by atoms with van der Waals surface area (Å²) in [5.74, 6) is -0.508. The van der Waals surface area contributed by atoms with Gasteiger partial charge >= 0.3 is 0 Å². The molecule has 1 heterocycles. The zero-order valence-corrected chi connectivity index (χ0v) is 17.2. The van der Waals surface area contributed by atoms with Crippen LogP contribution in [0.3, 0.4) is 0 Å². The van der Waals surface area contributed by atoms with Gasteiger partial charge in [-0.25, -0.2) is 13.1 Å². The van der Waals surface area contributed by atoms with Crippen LogP contribution in [0.5, 0.6) is 0 Å². The number of hydrogen-bond acceptors (Lipinski definition) is 5. The topological polar surface area (TPSA) is 98.1 Å². The van der Waals surface area contributed by atoms with Gasteiger partial charge in [-0.1, -0.05) is 24.3 Å². The second-order valence-electron chi connectivity index (χ2n) is 6.02. The maximum absolute atomic E-state index is 12.8. The van der Waals surface area contributed by atoms with Crippen LogP contribution in [0.15, 0.2) is 79.9 Å². The van der Waals surface area contributed by atoms with E-state index in [0.29, 0.717) is 10.2 Å². The van der Waals surface area contributed by atoms with Crippen molar-refractivity contribution in [1.29, 1.82) is 0 Å². The van der Waals surface area contributed by atoms with Crippen LogP contribution in [0.25, 0.3) is 0 Å². The predicted molar refractivity (Wildman–Crippen MR) is 108 cm³/mol.